The second-order valence-electron chi connectivity index (χ2n) is 8.25. The van der Waals surface area contributed by atoms with Crippen LogP contribution in [0.2, 0.25) is 0 Å². The molecular weight excluding hydrogens is 316 g/mol. The van der Waals surface area contributed by atoms with E-state index >= 15 is 0 Å². The first-order chi connectivity index (χ1) is 12.8. The van der Waals surface area contributed by atoms with E-state index in [0.717, 1.165) is 5.92 Å². The van der Waals surface area contributed by atoms with Gasteiger partial charge in [0.05, 0.1) is 17.7 Å². The maximum Gasteiger partial charge on any atom is 0.0700 e. The first-order valence-electron chi connectivity index (χ1n) is 10.4. The van der Waals surface area contributed by atoms with Gasteiger partial charge in [-0.15, -0.1) is 0 Å². The van der Waals surface area contributed by atoms with Crippen LogP contribution >= 0.6 is 0 Å². The molecule has 2 fully saturated rings. The van der Waals surface area contributed by atoms with Crippen molar-refractivity contribution < 1.29 is 0 Å². The number of unbranched alkanes of at least 4 members (excludes halogenated alkanes) is 1. The van der Waals surface area contributed by atoms with Crippen LogP contribution in [0, 0.1) is 5.92 Å². The van der Waals surface area contributed by atoms with Crippen LogP contribution in [0.5, 0.6) is 0 Å². The van der Waals surface area contributed by atoms with Gasteiger partial charge < -0.3 is 0 Å². The van der Waals surface area contributed by atoms with Gasteiger partial charge in [-0.2, -0.15) is 0 Å². The Kier molecular flexibility index (Phi) is 5.42. The minimum absolute atomic E-state index is 0.0949. The quantitative estimate of drug-likeness (QED) is 0.720. The molecule has 2 nitrogen and oxygen atoms in total. The van der Waals surface area contributed by atoms with Crippen molar-refractivity contribution >= 4 is 0 Å². The van der Waals surface area contributed by atoms with E-state index in [1.54, 1.807) is 0 Å². The number of benzene rings is 2. The zero-order valence-electron chi connectivity index (χ0n) is 16.0. The summed E-state index contributed by atoms with van der Waals surface area (Å²) in [6, 6.07) is 22.6. The Morgan fingerprint density at radius 3 is 2.00 bits per heavy atom. The van der Waals surface area contributed by atoms with Gasteiger partial charge in [-0.1, -0.05) is 93.3 Å². The molecule has 1 saturated heterocycles. The van der Waals surface area contributed by atoms with Gasteiger partial charge in [-0.05, 0) is 36.3 Å². The Hall–Kier alpha value is -1.64. The minimum atomic E-state index is 0.0949. The summed E-state index contributed by atoms with van der Waals surface area (Å²) in [5, 5.41) is 8.13. The summed E-state index contributed by atoms with van der Waals surface area (Å²) in [5.41, 5.74) is 2.88. The molecule has 1 saturated carbocycles. The summed E-state index contributed by atoms with van der Waals surface area (Å²) in [7, 11) is 0. The molecule has 138 valence electrons. The van der Waals surface area contributed by atoms with Gasteiger partial charge in [0.2, 0.25) is 0 Å². The van der Waals surface area contributed by atoms with Crippen molar-refractivity contribution in [2.45, 2.75) is 69.6 Å². The average Bonchev–Trinajstić information content (AvgIpc) is 3.06. The van der Waals surface area contributed by atoms with E-state index in [-0.39, 0.29) is 5.66 Å². The van der Waals surface area contributed by atoms with Crippen molar-refractivity contribution in [3.8, 4) is 0 Å². The number of hydrogen-bond acceptors (Lipinski definition) is 2. The highest BCUT2D eigenvalue weighted by Gasteiger charge is 2.47. The molecule has 0 aromatic heterocycles. The molecule has 4 rings (SSSR count). The lowest BCUT2D eigenvalue weighted by Crippen LogP contribution is -2.52. The van der Waals surface area contributed by atoms with Crippen LogP contribution in [-0.2, 0) is 0 Å². The molecule has 2 aliphatic rings. The molecule has 2 heteroatoms. The normalized spacial score (nSPS) is 27.7. The van der Waals surface area contributed by atoms with E-state index in [1.807, 2.05) is 0 Å². The molecular formula is C24H32N2. The van der Waals surface area contributed by atoms with Crippen molar-refractivity contribution in [3.63, 3.8) is 0 Å². The fourth-order valence-electron chi connectivity index (χ4n) is 5.07. The predicted molar refractivity (Wildman–Crippen MR) is 109 cm³/mol. The summed E-state index contributed by atoms with van der Waals surface area (Å²) in [4.78, 5) is 0. The lowest BCUT2D eigenvalue weighted by atomic mass is 9.79. The van der Waals surface area contributed by atoms with E-state index in [0.29, 0.717) is 12.1 Å². The van der Waals surface area contributed by atoms with Gasteiger partial charge in [0.15, 0.2) is 0 Å². The SMILES string of the molecule is CCCC[C@@H]1CCCC2(C1)N[C@H](c1ccccc1)[C@@H](c1ccccc1)N2. The van der Waals surface area contributed by atoms with Crippen LogP contribution in [0.15, 0.2) is 60.7 Å². The minimum Gasteiger partial charge on any atom is -0.290 e. The average molecular weight is 349 g/mol. The summed E-state index contributed by atoms with van der Waals surface area (Å²) < 4.78 is 0. The summed E-state index contributed by atoms with van der Waals surface area (Å²) in [5.74, 6) is 0.856. The molecule has 0 radical (unpaired) electrons. The van der Waals surface area contributed by atoms with E-state index in [2.05, 4.69) is 78.2 Å². The van der Waals surface area contributed by atoms with Crippen molar-refractivity contribution in [3.05, 3.63) is 71.8 Å². The van der Waals surface area contributed by atoms with Crippen LogP contribution in [0.1, 0.15) is 75.1 Å². The van der Waals surface area contributed by atoms with Crippen molar-refractivity contribution in [2.24, 2.45) is 5.92 Å². The molecule has 0 bridgehead atoms. The van der Waals surface area contributed by atoms with Crippen molar-refractivity contribution in [2.75, 3.05) is 0 Å². The Bertz CT molecular complexity index is 634. The van der Waals surface area contributed by atoms with Crippen molar-refractivity contribution in [1.29, 1.82) is 0 Å². The maximum absolute atomic E-state index is 4.07. The van der Waals surface area contributed by atoms with Gasteiger partial charge in [-0.3, -0.25) is 10.6 Å². The van der Waals surface area contributed by atoms with Gasteiger partial charge in [0.1, 0.15) is 0 Å². The summed E-state index contributed by atoms with van der Waals surface area (Å²) in [6.07, 6.45) is 9.29. The monoisotopic (exact) mass is 348 g/mol. The third-order valence-corrected chi connectivity index (χ3v) is 6.33. The van der Waals surface area contributed by atoms with Crippen molar-refractivity contribution in [1.82, 2.24) is 10.6 Å². The third kappa shape index (κ3) is 3.72. The van der Waals surface area contributed by atoms with E-state index in [4.69, 9.17) is 0 Å². The number of hydrogen-bond donors (Lipinski definition) is 2. The molecule has 2 N–H and O–H groups in total. The second kappa shape index (κ2) is 7.94. The lowest BCUT2D eigenvalue weighted by Gasteiger charge is -2.39. The molecule has 0 unspecified atom stereocenters. The van der Waals surface area contributed by atoms with E-state index in [9.17, 15) is 0 Å². The van der Waals surface area contributed by atoms with Gasteiger partial charge in [0.25, 0.3) is 0 Å². The highest BCUT2D eigenvalue weighted by atomic mass is 15.3. The maximum atomic E-state index is 4.07. The highest BCUT2D eigenvalue weighted by molar-refractivity contribution is 5.31. The Labute approximate surface area is 158 Å². The van der Waals surface area contributed by atoms with Crippen LogP contribution in [-0.4, -0.2) is 5.66 Å². The Morgan fingerprint density at radius 2 is 1.46 bits per heavy atom. The van der Waals surface area contributed by atoms with E-state index < -0.39 is 0 Å². The Morgan fingerprint density at radius 1 is 0.885 bits per heavy atom. The molecule has 1 aliphatic carbocycles. The topological polar surface area (TPSA) is 24.1 Å². The molecule has 3 atom stereocenters. The molecule has 1 heterocycles. The van der Waals surface area contributed by atoms with Crippen LogP contribution in [0.3, 0.4) is 0 Å². The fraction of sp³-hybridized carbons (Fsp3) is 0.500. The number of rotatable bonds is 5. The molecule has 2 aromatic rings. The largest absolute Gasteiger partial charge is 0.290 e. The van der Waals surface area contributed by atoms with Crippen LogP contribution in [0.25, 0.3) is 0 Å². The Balaban J connectivity index is 1.61. The van der Waals surface area contributed by atoms with E-state index in [1.165, 1.54) is 56.1 Å². The zero-order valence-corrected chi connectivity index (χ0v) is 16.0. The summed E-state index contributed by atoms with van der Waals surface area (Å²) >= 11 is 0. The van der Waals surface area contributed by atoms with Crippen LogP contribution < -0.4 is 10.6 Å². The first kappa shape index (κ1) is 17.8. The smallest absolute Gasteiger partial charge is 0.0700 e. The predicted octanol–water partition coefficient (Wildman–Crippen LogP) is 5.74. The standard InChI is InChI=1S/C24H32N2/c1-2-3-11-19-12-10-17-24(18-19)25-22(20-13-6-4-7-14-20)23(26-24)21-15-8-5-9-16-21/h4-9,13-16,19,22-23,25-26H,2-3,10-12,17-18H2,1H3/t19-,22-,23-/m1/s1. The molecule has 0 amide bonds. The third-order valence-electron chi connectivity index (χ3n) is 6.33. The first-order valence-corrected chi connectivity index (χ1v) is 10.4. The highest BCUT2D eigenvalue weighted by Crippen LogP contribution is 2.44. The van der Waals surface area contributed by atoms with Gasteiger partial charge >= 0.3 is 0 Å². The zero-order chi connectivity index (χ0) is 17.8. The molecule has 1 aliphatic heterocycles. The van der Waals surface area contributed by atoms with Gasteiger partial charge in [0, 0.05) is 0 Å². The molecule has 2 aromatic carbocycles. The lowest BCUT2D eigenvalue weighted by molar-refractivity contribution is 0.162. The molecule has 26 heavy (non-hydrogen) atoms. The number of nitrogens with one attached hydrogen (secondary N) is 2. The fourth-order valence-corrected chi connectivity index (χ4v) is 5.07. The summed E-state index contributed by atoms with van der Waals surface area (Å²) in [6.45, 7) is 2.31. The van der Waals surface area contributed by atoms with Gasteiger partial charge in [-0.25, -0.2) is 0 Å². The molecule has 1 spiro atoms. The van der Waals surface area contributed by atoms with Crippen LogP contribution in [0.4, 0.5) is 0 Å². The second-order valence-corrected chi connectivity index (χ2v) is 8.25.